The smallest absolute Gasteiger partial charge is 0.264 e. The molecule has 0 spiro atoms. The van der Waals surface area contributed by atoms with Crippen LogP contribution >= 0.6 is 0 Å². The average molecular weight is 411 g/mol. The van der Waals surface area contributed by atoms with E-state index in [0.29, 0.717) is 26.1 Å². The van der Waals surface area contributed by atoms with E-state index in [1.807, 2.05) is 20.8 Å². The highest BCUT2D eigenvalue weighted by molar-refractivity contribution is 7.86. The highest BCUT2D eigenvalue weighted by Crippen LogP contribution is 2.24. The predicted molar refractivity (Wildman–Crippen MR) is 105 cm³/mol. The SMILES string of the molecule is CCCCOC[C@H](OS(C)(=O)=O)[C@@H](OCCCC)[C@](C)(C=O)OCCCC. The van der Waals surface area contributed by atoms with Gasteiger partial charge in [0.25, 0.3) is 10.1 Å². The summed E-state index contributed by atoms with van der Waals surface area (Å²) < 4.78 is 46.1. The van der Waals surface area contributed by atoms with E-state index in [-0.39, 0.29) is 6.61 Å². The van der Waals surface area contributed by atoms with E-state index in [1.165, 1.54) is 0 Å². The summed E-state index contributed by atoms with van der Waals surface area (Å²) in [5.74, 6) is 0. The Morgan fingerprint density at radius 1 is 0.963 bits per heavy atom. The van der Waals surface area contributed by atoms with Crippen molar-refractivity contribution >= 4 is 16.4 Å². The van der Waals surface area contributed by atoms with Gasteiger partial charge in [-0.05, 0) is 26.2 Å². The van der Waals surface area contributed by atoms with Crippen molar-refractivity contribution in [3.8, 4) is 0 Å². The maximum absolute atomic E-state index is 11.9. The largest absolute Gasteiger partial charge is 0.379 e. The molecule has 27 heavy (non-hydrogen) atoms. The van der Waals surface area contributed by atoms with Crippen molar-refractivity contribution in [2.75, 3.05) is 32.7 Å². The number of carbonyl (C=O) groups excluding carboxylic acids is 1. The number of rotatable bonds is 18. The van der Waals surface area contributed by atoms with Crippen molar-refractivity contribution < 1.29 is 31.6 Å². The minimum Gasteiger partial charge on any atom is -0.379 e. The van der Waals surface area contributed by atoms with Gasteiger partial charge in [-0.2, -0.15) is 8.42 Å². The van der Waals surface area contributed by atoms with Crippen LogP contribution in [-0.4, -0.2) is 65.2 Å². The molecule has 0 aromatic rings. The molecule has 0 radical (unpaired) electrons. The van der Waals surface area contributed by atoms with Gasteiger partial charge in [-0.1, -0.05) is 40.0 Å². The Hall–Kier alpha value is -0.540. The Kier molecular flexibility index (Phi) is 14.2. The van der Waals surface area contributed by atoms with Gasteiger partial charge in [-0.3, -0.25) is 4.18 Å². The minimum atomic E-state index is -3.77. The van der Waals surface area contributed by atoms with Gasteiger partial charge < -0.3 is 19.0 Å². The second-order valence-corrected chi connectivity index (χ2v) is 8.52. The Labute approximate surface area is 165 Å². The van der Waals surface area contributed by atoms with Crippen LogP contribution in [0.5, 0.6) is 0 Å². The number of carbonyl (C=O) groups is 1. The maximum Gasteiger partial charge on any atom is 0.264 e. The lowest BCUT2D eigenvalue weighted by molar-refractivity contribution is -0.177. The lowest BCUT2D eigenvalue weighted by Crippen LogP contribution is -2.54. The van der Waals surface area contributed by atoms with Crippen LogP contribution in [0.2, 0.25) is 0 Å². The van der Waals surface area contributed by atoms with Gasteiger partial charge in [-0.15, -0.1) is 0 Å². The quantitative estimate of drug-likeness (QED) is 0.195. The van der Waals surface area contributed by atoms with Crippen molar-refractivity contribution in [2.24, 2.45) is 0 Å². The molecular formula is C19H38O7S. The maximum atomic E-state index is 11.9. The van der Waals surface area contributed by atoms with Gasteiger partial charge >= 0.3 is 0 Å². The predicted octanol–water partition coefficient (Wildman–Crippen LogP) is 3.11. The van der Waals surface area contributed by atoms with E-state index in [4.69, 9.17) is 18.4 Å². The summed E-state index contributed by atoms with van der Waals surface area (Å²) >= 11 is 0. The highest BCUT2D eigenvalue weighted by atomic mass is 32.2. The lowest BCUT2D eigenvalue weighted by atomic mass is 9.95. The van der Waals surface area contributed by atoms with E-state index >= 15 is 0 Å². The van der Waals surface area contributed by atoms with Crippen molar-refractivity contribution in [3.05, 3.63) is 0 Å². The van der Waals surface area contributed by atoms with E-state index in [0.717, 1.165) is 44.8 Å². The normalized spacial score (nSPS) is 16.6. The molecule has 0 rings (SSSR count). The Morgan fingerprint density at radius 2 is 1.52 bits per heavy atom. The molecule has 0 unspecified atom stereocenters. The topological polar surface area (TPSA) is 88.1 Å². The fourth-order valence-electron chi connectivity index (χ4n) is 2.45. The van der Waals surface area contributed by atoms with Crippen LogP contribution in [-0.2, 0) is 33.3 Å². The van der Waals surface area contributed by atoms with Gasteiger partial charge in [0.1, 0.15) is 17.8 Å². The summed E-state index contributed by atoms with van der Waals surface area (Å²) in [5, 5.41) is 0. The fourth-order valence-corrected chi connectivity index (χ4v) is 3.06. The third kappa shape index (κ3) is 11.8. The zero-order valence-corrected chi connectivity index (χ0v) is 18.4. The van der Waals surface area contributed by atoms with Gasteiger partial charge in [0.2, 0.25) is 0 Å². The van der Waals surface area contributed by atoms with Crippen molar-refractivity contribution in [2.45, 2.75) is 84.0 Å². The summed E-state index contributed by atoms with van der Waals surface area (Å²) in [6, 6.07) is 0. The number of ether oxygens (including phenoxy) is 3. The molecule has 3 atom stereocenters. The summed E-state index contributed by atoms with van der Waals surface area (Å²) in [7, 11) is -3.77. The molecule has 0 amide bonds. The molecule has 0 aromatic heterocycles. The first-order chi connectivity index (χ1) is 12.7. The van der Waals surface area contributed by atoms with Crippen LogP contribution in [0.4, 0.5) is 0 Å². The molecule has 162 valence electrons. The number of hydrogen-bond donors (Lipinski definition) is 0. The van der Waals surface area contributed by atoms with Crippen molar-refractivity contribution in [3.63, 3.8) is 0 Å². The molecule has 7 nitrogen and oxygen atoms in total. The molecule has 0 N–H and O–H groups in total. The molecular weight excluding hydrogens is 372 g/mol. The summed E-state index contributed by atoms with van der Waals surface area (Å²) in [6.07, 6.45) is 4.99. The van der Waals surface area contributed by atoms with Gasteiger partial charge in [0.05, 0.1) is 12.9 Å². The van der Waals surface area contributed by atoms with Gasteiger partial charge in [0, 0.05) is 19.8 Å². The highest BCUT2D eigenvalue weighted by Gasteiger charge is 2.43. The Balaban J connectivity index is 5.47. The lowest BCUT2D eigenvalue weighted by Gasteiger charge is -2.37. The molecule has 0 aliphatic carbocycles. The van der Waals surface area contributed by atoms with Crippen LogP contribution in [0.1, 0.15) is 66.2 Å². The minimum absolute atomic E-state index is 0.00439. The molecule has 0 saturated heterocycles. The van der Waals surface area contributed by atoms with Crippen LogP contribution in [0.25, 0.3) is 0 Å². The van der Waals surface area contributed by atoms with Crippen molar-refractivity contribution in [1.82, 2.24) is 0 Å². The second-order valence-electron chi connectivity index (χ2n) is 6.92. The van der Waals surface area contributed by atoms with Crippen LogP contribution in [0.3, 0.4) is 0 Å². The van der Waals surface area contributed by atoms with E-state index < -0.39 is 27.9 Å². The number of unbranched alkanes of at least 4 members (excludes halogenated alkanes) is 3. The molecule has 0 fully saturated rings. The number of hydrogen-bond acceptors (Lipinski definition) is 7. The first-order valence-electron chi connectivity index (χ1n) is 9.91. The zero-order valence-electron chi connectivity index (χ0n) is 17.6. The zero-order chi connectivity index (χ0) is 20.8. The van der Waals surface area contributed by atoms with Crippen LogP contribution in [0, 0.1) is 0 Å². The van der Waals surface area contributed by atoms with E-state index in [9.17, 15) is 13.2 Å². The van der Waals surface area contributed by atoms with Crippen LogP contribution < -0.4 is 0 Å². The molecule has 0 aliphatic heterocycles. The fraction of sp³-hybridized carbons (Fsp3) is 0.947. The monoisotopic (exact) mass is 410 g/mol. The Bertz CT molecular complexity index is 480. The molecule has 8 heteroatoms. The third-order valence-electron chi connectivity index (χ3n) is 4.07. The molecule has 0 aliphatic rings. The summed E-state index contributed by atoms with van der Waals surface area (Å²) in [4.78, 5) is 11.9. The summed E-state index contributed by atoms with van der Waals surface area (Å²) in [5.41, 5.74) is -1.33. The molecule has 0 heterocycles. The second kappa shape index (κ2) is 14.5. The number of aldehydes is 1. The van der Waals surface area contributed by atoms with Crippen molar-refractivity contribution in [1.29, 1.82) is 0 Å². The first-order valence-corrected chi connectivity index (χ1v) is 11.7. The molecule has 0 saturated carbocycles. The van der Waals surface area contributed by atoms with E-state index in [1.54, 1.807) is 6.92 Å². The molecule has 0 aromatic carbocycles. The standard InChI is InChI=1S/C19H38O7S/c1-6-9-12-23-15-17(26-27(5,21)22)18(24-13-10-7-2)19(4,16-20)25-14-11-8-3/h16-18H,6-15H2,1-5H3/t17-,18+,19-/m0/s1. The Morgan fingerprint density at radius 3 is 2.04 bits per heavy atom. The third-order valence-corrected chi connectivity index (χ3v) is 4.66. The first kappa shape index (κ1) is 26.5. The van der Waals surface area contributed by atoms with Gasteiger partial charge in [-0.25, -0.2) is 0 Å². The molecule has 0 bridgehead atoms. The van der Waals surface area contributed by atoms with E-state index in [2.05, 4.69) is 0 Å². The van der Waals surface area contributed by atoms with Crippen LogP contribution in [0.15, 0.2) is 0 Å². The van der Waals surface area contributed by atoms with Gasteiger partial charge in [0.15, 0.2) is 6.29 Å². The average Bonchev–Trinajstić information content (AvgIpc) is 2.60. The summed E-state index contributed by atoms with van der Waals surface area (Å²) in [6.45, 7) is 8.93.